The number of carbonyl (C=O) groups is 1. The van der Waals surface area contributed by atoms with Crippen molar-refractivity contribution in [2.24, 2.45) is 11.3 Å². The number of nitrogens with one attached hydrogen (secondary N) is 1. The lowest BCUT2D eigenvalue weighted by atomic mass is 9.50. The van der Waals surface area contributed by atoms with Gasteiger partial charge in [-0.3, -0.25) is 9.00 Å². The van der Waals surface area contributed by atoms with Gasteiger partial charge in [-0.1, -0.05) is 25.4 Å². The van der Waals surface area contributed by atoms with Gasteiger partial charge in [0.05, 0.1) is 10.8 Å². The van der Waals surface area contributed by atoms with Gasteiger partial charge in [-0.25, -0.2) is 4.98 Å². The second kappa shape index (κ2) is 7.78. The minimum absolute atomic E-state index is 0.144. The van der Waals surface area contributed by atoms with E-state index in [9.17, 15) is 9.00 Å². The van der Waals surface area contributed by atoms with E-state index in [0.717, 1.165) is 42.7 Å². The number of oxazole rings is 1. The van der Waals surface area contributed by atoms with Crippen molar-refractivity contribution >= 4 is 39.4 Å². The largest absolute Gasteiger partial charge is 0.442 e. The zero-order valence-electron chi connectivity index (χ0n) is 17.5. The summed E-state index contributed by atoms with van der Waals surface area (Å²) >= 11 is 6.03. The molecule has 2 saturated carbocycles. The molecule has 1 atom stereocenters. The summed E-state index contributed by atoms with van der Waals surface area (Å²) in [6.07, 6.45) is 3.96. The molecule has 0 aliphatic heterocycles. The Morgan fingerprint density at radius 2 is 2.00 bits per heavy atom. The quantitative estimate of drug-likeness (QED) is 0.539. The molecule has 1 unspecified atom stereocenters. The monoisotopic (exact) mass is 460 g/mol. The third-order valence-corrected chi connectivity index (χ3v) is 8.16. The van der Waals surface area contributed by atoms with E-state index < -0.39 is 10.8 Å². The summed E-state index contributed by atoms with van der Waals surface area (Å²) < 4.78 is 23.6. The molecule has 0 radical (unpaired) electrons. The number of furan rings is 1. The Kier molecular flexibility index (Phi) is 5.21. The summed E-state index contributed by atoms with van der Waals surface area (Å²) in [6.45, 7) is 4.01. The van der Waals surface area contributed by atoms with Gasteiger partial charge in [0.2, 0.25) is 0 Å². The summed E-state index contributed by atoms with van der Waals surface area (Å²) in [4.78, 5) is 17.1. The third-order valence-electron chi connectivity index (χ3n) is 6.28. The van der Waals surface area contributed by atoms with Crippen molar-refractivity contribution in [3.8, 4) is 0 Å². The summed E-state index contributed by atoms with van der Waals surface area (Å²) in [6, 6.07) is 8.88. The topological polar surface area (TPSA) is 85.3 Å². The first-order valence-corrected chi connectivity index (χ1v) is 12.3. The van der Waals surface area contributed by atoms with E-state index in [1.54, 1.807) is 12.1 Å². The van der Waals surface area contributed by atoms with Crippen molar-refractivity contribution in [3.05, 3.63) is 47.0 Å². The number of nitrogens with zero attached hydrogens (tertiary/aromatic N) is 1. The Morgan fingerprint density at radius 1 is 1.23 bits per heavy atom. The van der Waals surface area contributed by atoms with Crippen LogP contribution in [0.5, 0.6) is 0 Å². The summed E-state index contributed by atoms with van der Waals surface area (Å²) in [5.41, 5.74) is 1.84. The van der Waals surface area contributed by atoms with Crippen LogP contribution in [-0.2, 0) is 10.8 Å². The molecule has 1 spiro atoms. The van der Waals surface area contributed by atoms with Crippen LogP contribution in [0.1, 0.15) is 61.9 Å². The fourth-order valence-electron chi connectivity index (χ4n) is 4.88. The van der Waals surface area contributed by atoms with Crippen LogP contribution >= 0.6 is 11.6 Å². The molecule has 2 fully saturated rings. The molecule has 6 nitrogen and oxygen atoms in total. The number of carbonyl (C=O) groups excluding carboxylic acids is 1. The molecule has 2 heterocycles. The van der Waals surface area contributed by atoms with E-state index in [0.29, 0.717) is 27.7 Å². The Labute approximate surface area is 188 Å². The van der Waals surface area contributed by atoms with Gasteiger partial charge in [0.25, 0.3) is 5.91 Å². The van der Waals surface area contributed by atoms with E-state index in [2.05, 4.69) is 10.3 Å². The lowest BCUT2D eigenvalue weighted by Gasteiger charge is -2.57. The molecule has 2 aliphatic rings. The van der Waals surface area contributed by atoms with Crippen LogP contribution in [0.4, 0.5) is 0 Å². The van der Waals surface area contributed by atoms with Crippen molar-refractivity contribution in [3.63, 3.8) is 0 Å². The Bertz CT molecular complexity index is 1150. The molecule has 31 heavy (non-hydrogen) atoms. The summed E-state index contributed by atoms with van der Waals surface area (Å²) in [5, 5.41) is 4.07. The minimum Gasteiger partial charge on any atom is -0.442 e. The first-order chi connectivity index (χ1) is 14.8. The molecular weight excluding hydrogens is 436 g/mol. The molecule has 5 rings (SSSR count). The molecule has 0 saturated heterocycles. The highest BCUT2D eigenvalue weighted by Crippen LogP contribution is 2.61. The number of fused-ring (bicyclic) bond motifs is 1. The first kappa shape index (κ1) is 20.8. The highest BCUT2D eigenvalue weighted by Gasteiger charge is 2.54. The Morgan fingerprint density at radius 3 is 2.74 bits per heavy atom. The van der Waals surface area contributed by atoms with Crippen molar-refractivity contribution in [1.82, 2.24) is 10.3 Å². The van der Waals surface area contributed by atoms with Gasteiger partial charge in [0.1, 0.15) is 5.52 Å². The highest BCUT2D eigenvalue weighted by molar-refractivity contribution is 7.84. The predicted molar refractivity (Wildman–Crippen MR) is 119 cm³/mol. The Hall–Kier alpha value is -2.12. The number of aromatic nitrogens is 1. The normalized spacial score (nSPS) is 26.1. The summed E-state index contributed by atoms with van der Waals surface area (Å²) in [7, 11) is -1.21. The zero-order valence-corrected chi connectivity index (χ0v) is 19.1. The van der Waals surface area contributed by atoms with Crippen molar-refractivity contribution in [2.45, 2.75) is 56.6 Å². The molecule has 164 valence electrons. The minimum atomic E-state index is -1.21. The number of rotatable bonds is 6. The van der Waals surface area contributed by atoms with Crippen LogP contribution in [0.15, 0.2) is 44.3 Å². The number of halogens is 1. The van der Waals surface area contributed by atoms with Gasteiger partial charge in [-0.05, 0) is 67.3 Å². The fourth-order valence-corrected chi connectivity index (χ4v) is 6.22. The van der Waals surface area contributed by atoms with Gasteiger partial charge in [-0.2, -0.15) is 0 Å². The SMILES string of the molecule is CC(C)CS(=O)c1ccc(C(=O)NC2CC3(C2)CC(c2nc4cc(Cl)ccc4o2)C3)o1. The lowest BCUT2D eigenvalue weighted by molar-refractivity contribution is -0.0256. The molecule has 1 N–H and O–H groups in total. The first-order valence-electron chi connectivity index (χ1n) is 10.7. The van der Waals surface area contributed by atoms with Gasteiger partial charge >= 0.3 is 0 Å². The van der Waals surface area contributed by atoms with Crippen LogP contribution in [0.2, 0.25) is 5.02 Å². The number of hydrogen-bond donors (Lipinski definition) is 1. The van der Waals surface area contributed by atoms with E-state index in [1.165, 1.54) is 0 Å². The maximum absolute atomic E-state index is 12.5. The Balaban J connectivity index is 1.13. The van der Waals surface area contributed by atoms with Gasteiger partial charge in [0, 0.05) is 22.7 Å². The zero-order chi connectivity index (χ0) is 21.8. The average Bonchev–Trinajstić information content (AvgIpc) is 3.28. The average molecular weight is 461 g/mol. The second-order valence-corrected chi connectivity index (χ2v) is 11.2. The van der Waals surface area contributed by atoms with E-state index >= 15 is 0 Å². The molecular formula is C23H25ClN2O4S. The van der Waals surface area contributed by atoms with Gasteiger partial charge < -0.3 is 14.2 Å². The van der Waals surface area contributed by atoms with E-state index in [-0.39, 0.29) is 23.1 Å². The third kappa shape index (κ3) is 4.05. The van der Waals surface area contributed by atoms with Gasteiger partial charge in [-0.15, -0.1) is 0 Å². The molecule has 1 amide bonds. The van der Waals surface area contributed by atoms with E-state index in [1.807, 2.05) is 32.0 Å². The van der Waals surface area contributed by atoms with Crippen molar-refractivity contribution in [1.29, 1.82) is 0 Å². The van der Waals surface area contributed by atoms with Gasteiger partial charge in [0.15, 0.2) is 22.3 Å². The summed E-state index contributed by atoms with van der Waals surface area (Å²) in [5.74, 6) is 1.92. The molecule has 0 bridgehead atoms. The van der Waals surface area contributed by atoms with Crippen molar-refractivity contribution < 1.29 is 17.8 Å². The number of amides is 1. The van der Waals surface area contributed by atoms with E-state index in [4.69, 9.17) is 20.4 Å². The van der Waals surface area contributed by atoms with Crippen LogP contribution in [0.25, 0.3) is 11.1 Å². The highest BCUT2D eigenvalue weighted by atomic mass is 35.5. The molecule has 2 aliphatic carbocycles. The number of hydrogen-bond acceptors (Lipinski definition) is 5. The standard InChI is InChI=1S/C23H25ClN2O4S/c1-13(2)12-31(28)20-6-5-19(29-20)21(27)25-16-10-23(11-16)8-14(9-23)22-26-17-7-15(24)3-4-18(17)30-22/h3-7,13-14,16H,8-12H2,1-2H3,(H,25,27). The smallest absolute Gasteiger partial charge is 0.287 e. The molecule has 8 heteroatoms. The maximum Gasteiger partial charge on any atom is 0.287 e. The van der Waals surface area contributed by atoms with Crippen LogP contribution < -0.4 is 5.32 Å². The fraction of sp³-hybridized carbons (Fsp3) is 0.478. The van der Waals surface area contributed by atoms with Crippen LogP contribution in [0, 0.1) is 11.3 Å². The molecule has 3 aromatic rings. The maximum atomic E-state index is 12.5. The lowest BCUT2D eigenvalue weighted by Crippen LogP contribution is -2.55. The second-order valence-electron chi connectivity index (χ2n) is 9.37. The van der Waals surface area contributed by atoms with Crippen molar-refractivity contribution in [2.75, 3.05) is 5.75 Å². The molecule has 2 aromatic heterocycles. The van der Waals surface area contributed by atoms with Crippen LogP contribution in [-0.4, -0.2) is 26.9 Å². The predicted octanol–water partition coefficient (Wildman–Crippen LogP) is 5.29. The number of benzene rings is 1. The molecule has 1 aromatic carbocycles. The van der Waals surface area contributed by atoms with Crippen LogP contribution in [0.3, 0.4) is 0 Å².